The summed E-state index contributed by atoms with van der Waals surface area (Å²) >= 11 is 0. The average Bonchev–Trinajstić information content (AvgIpc) is 2.26. The first-order valence-corrected chi connectivity index (χ1v) is 6.27. The number of hydrogen-bond acceptors (Lipinski definition) is 2. The van der Waals surface area contributed by atoms with Crippen molar-refractivity contribution in [2.24, 2.45) is 0 Å². The number of urea groups is 1. The monoisotopic (exact) mass is 250 g/mol. The van der Waals surface area contributed by atoms with Gasteiger partial charge in [0.15, 0.2) is 0 Å². The van der Waals surface area contributed by atoms with Crippen molar-refractivity contribution in [2.45, 2.75) is 46.4 Å². The van der Waals surface area contributed by atoms with Crippen LogP contribution in [0.2, 0.25) is 0 Å². The summed E-state index contributed by atoms with van der Waals surface area (Å²) in [6.07, 6.45) is 0.172. The van der Waals surface area contributed by atoms with E-state index in [0.717, 1.165) is 11.3 Å². The molecule has 0 saturated heterocycles. The van der Waals surface area contributed by atoms with Gasteiger partial charge in [0.25, 0.3) is 0 Å². The molecule has 0 radical (unpaired) electrons. The lowest BCUT2D eigenvalue weighted by atomic mass is 10.2. The maximum absolute atomic E-state index is 11.4. The minimum absolute atomic E-state index is 0.145. The topological polar surface area (TPSA) is 50.4 Å². The van der Waals surface area contributed by atoms with Gasteiger partial charge in [-0.05, 0) is 45.4 Å². The van der Waals surface area contributed by atoms with Gasteiger partial charge in [0.1, 0.15) is 5.75 Å². The highest BCUT2D eigenvalue weighted by Gasteiger charge is 2.02. The standard InChI is InChI=1S/C14H22N2O2/c1-10(2)16-14(17)15-9-12-5-7-13(8-6-12)18-11(3)4/h5-8,10-11H,9H2,1-4H3,(H2,15,16,17). The second-order valence-corrected chi connectivity index (χ2v) is 4.79. The predicted octanol–water partition coefficient (Wildman–Crippen LogP) is 2.68. The molecular weight excluding hydrogens is 228 g/mol. The van der Waals surface area contributed by atoms with Crippen LogP contribution in [0.3, 0.4) is 0 Å². The second-order valence-electron chi connectivity index (χ2n) is 4.79. The van der Waals surface area contributed by atoms with Crippen LogP contribution in [0.5, 0.6) is 5.75 Å². The van der Waals surface area contributed by atoms with Crippen LogP contribution >= 0.6 is 0 Å². The normalized spacial score (nSPS) is 10.6. The number of nitrogens with one attached hydrogen (secondary N) is 2. The van der Waals surface area contributed by atoms with E-state index in [1.165, 1.54) is 0 Å². The quantitative estimate of drug-likeness (QED) is 0.844. The Morgan fingerprint density at radius 1 is 1.17 bits per heavy atom. The zero-order chi connectivity index (χ0) is 13.5. The van der Waals surface area contributed by atoms with Gasteiger partial charge in [-0.3, -0.25) is 0 Å². The Kier molecular flexibility index (Phi) is 5.49. The first-order chi connectivity index (χ1) is 8.47. The van der Waals surface area contributed by atoms with Gasteiger partial charge in [0.05, 0.1) is 6.10 Å². The molecule has 0 fully saturated rings. The number of benzene rings is 1. The number of hydrogen-bond donors (Lipinski definition) is 2. The molecule has 1 aromatic carbocycles. The molecule has 0 spiro atoms. The SMILES string of the molecule is CC(C)NC(=O)NCc1ccc(OC(C)C)cc1. The summed E-state index contributed by atoms with van der Waals surface area (Å²) in [6.45, 7) is 8.35. The molecule has 0 aliphatic carbocycles. The van der Waals surface area contributed by atoms with Crippen molar-refractivity contribution in [2.75, 3.05) is 0 Å². The molecule has 2 amide bonds. The third-order valence-corrected chi connectivity index (χ3v) is 2.17. The van der Waals surface area contributed by atoms with E-state index < -0.39 is 0 Å². The van der Waals surface area contributed by atoms with Crippen molar-refractivity contribution in [1.29, 1.82) is 0 Å². The number of rotatable bonds is 5. The van der Waals surface area contributed by atoms with Gasteiger partial charge >= 0.3 is 6.03 Å². The highest BCUT2D eigenvalue weighted by molar-refractivity contribution is 5.74. The van der Waals surface area contributed by atoms with Gasteiger partial charge < -0.3 is 15.4 Å². The molecule has 0 aliphatic rings. The highest BCUT2D eigenvalue weighted by Crippen LogP contribution is 2.13. The maximum atomic E-state index is 11.4. The van der Waals surface area contributed by atoms with Crippen molar-refractivity contribution >= 4 is 6.03 Å². The van der Waals surface area contributed by atoms with Crippen LogP contribution in [-0.4, -0.2) is 18.2 Å². The maximum Gasteiger partial charge on any atom is 0.315 e. The summed E-state index contributed by atoms with van der Waals surface area (Å²) in [5.41, 5.74) is 1.05. The molecule has 4 nitrogen and oxygen atoms in total. The number of carbonyl (C=O) groups excluding carboxylic acids is 1. The lowest BCUT2D eigenvalue weighted by Crippen LogP contribution is -2.39. The highest BCUT2D eigenvalue weighted by atomic mass is 16.5. The Labute approximate surface area is 109 Å². The lowest BCUT2D eigenvalue weighted by Gasteiger charge is -2.11. The molecule has 0 bridgehead atoms. The van der Waals surface area contributed by atoms with Crippen LogP contribution in [0.1, 0.15) is 33.3 Å². The molecule has 2 N–H and O–H groups in total. The summed E-state index contributed by atoms with van der Waals surface area (Å²) in [6, 6.07) is 7.73. The summed E-state index contributed by atoms with van der Waals surface area (Å²) < 4.78 is 5.55. The van der Waals surface area contributed by atoms with Crippen molar-refractivity contribution in [3.8, 4) is 5.75 Å². The van der Waals surface area contributed by atoms with Crippen LogP contribution in [0.4, 0.5) is 4.79 Å². The summed E-state index contributed by atoms with van der Waals surface area (Å²) in [4.78, 5) is 11.4. The molecule has 0 atom stereocenters. The minimum Gasteiger partial charge on any atom is -0.491 e. The molecule has 100 valence electrons. The van der Waals surface area contributed by atoms with Gasteiger partial charge in [-0.15, -0.1) is 0 Å². The van der Waals surface area contributed by atoms with E-state index >= 15 is 0 Å². The van der Waals surface area contributed by atoms with Gasteiger partial charge in [-0.25, -0.2) is 4.79 Å². The zero-order valence-electron chi connectivity index (χ0n) is 11.5. The Bertz CT molecular complexity index is 372. The van der Waals surface area contributed by atoms with E-state index in [1.54, 1.807) is 0 Å². The number of amides is 2. The van der Waals surface area contributed by atoms with E-state index in [9.17, 15) is 4.79 Å². The van der Waals surface area contributed by atoms with Gasteiger partial charge in [-0.2, -0.15) is 0 Å². The van der Waals surface area contributed by atoms with Crippen molar-refractivity contribution in [3.63, 3.8) is 0 Å². The Morgan fingerprint density at radius 2 is 1.78 bits per heavy atom. The van der Waals surface area contributed by atoms with E-state index in [2.05, 4.69) is 10.6 Å². The van der Waals surface area contributed by atoms with E-state index in [4.69, 9.17) is 4.74 Å². The largest absolute Gasteiger partial charge is 0.491 e. The molecule has 1 aromatic rings. The van der Waals surface area contributed by atoms with Crippen LogP contribution in [-0.2, 0) is 6.54 Å². The first-order valence-electron chi connectivity index (χ1n) is 6.27. The van der Waals surface area contributed by atoms with E-state index in [-0.39, 0.29) is 18.2 Å². The summed E-state index contributed by atoms with van der Waals surface area (Å²) in [5.74, 6) is 0.848. The summed E-state index contributed by atoms with van der Waals surface area (Å²) in [5, 5.41) is 5.58. The molecule has 1 rings (SSSR count). The fourth-order valence-corrected chi connectivity index (χ4v) is 1.45. The smallest absolute Gasteiger partial charge is 0.315 e. The third-order valence-electron chi connectivity index (χ3n) is 2.17. The zero-order valence-corrected chi connectivity index (χ0v) is 11.5. The van der Waals surface area contributed by atoms with Gasteiger partial charge in [0.2, 0.25) is 0 Å². The second kappa shape index (κ2) is 6.89. The Hall–Kier alpha value is -1.71. The van der Waals surface area contributed by atoms with Crippen molar-refractivity contribution in [3.05, 3.63) is 29.8 Å². The van der Waals surface area contributed by atoms with Gasteiger partial charge in [-0.1, -0.05) is 12.1 Å². The van der Waals surface area contributed by atoms with Crippen LogP contribution in [0, 0.1) is 0 Å². The molecule has 18 heavy (non-hydrogen) atoms. The lowest BCUT2D eigenvalue weighted by molar-refractivity contribution is 0.238. The fourth-order valence-electron chi connectivity index (χ4n) is 1.45. The van der Waals surface area contributed by atoms with E-state index in [1.807, 2.05) is 52.0 Å². The fraction of sp³-hybridized carbons (Fsp3) is 0.500. The minimum atomic E-state index is -0.146. The average molecular weight is 250 g/mol. The number of carbonyl (C=O) groups is 1. The predicted molar refractivity (Wildman–Crippen MR) is 72.7 cm³/mol. The van der Waals surface area contributed by atoms with E-state index in [0.29, 0.717) is 6.54 Å². The Balaban J connectivity index is 2.41. The first kappa shape index (κ1) is 14.4. The molecular formula is C14H22N2O2. The molecule has 4 heteroatoms. The van der Waals surface area contributed by atoms with Crippen molar-refractivity contribution < 1.29 is 9.53 Å². The van der Waals surface area contributed by atoms with Crippen LogP contribution in [0.25, 0.3) is 0 Å². The Morgan fingerprint density at radius 3 is 2.28 bits per heavy atom. The third kappa shape index (κ3) is 5.57. The summed E-state index contributed by atoms with van der Waals surface area (Å²) in [7, 11) is 0. The van der Waals surface area contributed by atoms with Crippen LogP contribution < -0.4 is 15.4 Å². The molecule has 0 saturated carbocycles. The molecule has 0 aromatic heterocycles. The molecule has 0 heterocycles. The number of ether oxygens (including phenoxy) is 1. The van der Waals surface area contributed by atoms with Crippen molar-refractivity contribution in [1.82, 2.24) is 10.6 Å². The molecule has 0 aliphatic heterocycles. The van der Waals surface area contributed by atoms with Gasteiger partial charge in [0, 0.05) is 12.6 Å². The molecule has 0 unspecified atom stereocenters. The van der Waals surface area contributed by atoms with Crippen LogP contribution in [0.15, 0.2) is 24.3 Å².